The van der Waals surface area contributed by atoms with Crippen molar-refractivity contribution in [3.05, 3.63) is 29.8 Å². The molecule has 0 bridgehead atoms. The summed E-state index contributed by atoms with van der Waals surface area (Å²) in [6.07, 6.45) is 11.5. The fourth-order valence-corrected chi connectivity index (χ4v) is 4.02. The number of nitrogens with one attached hydrogen (secondary N) is 1. The predicted octanol–water partition coefficient (Wildman–Crippen LogP) is 4.53. The molecule has 2 saturated carbocycles. The van der Waals surface area contributed by atoms with Crippen LogP contribution in [0.15, 0.2) is 29.4 Å². The van der Waals surface area contributed by atoms with Crippen molar-refractivity contribution in [2.75, 3.05) is 6.61 Å². The third-order valence-corrected chi connectivity index (χ3v) is 5.51. The molecule has 0 spiro atoms. The number of carbonyl (C=O) groups is 1. The molecule has 1 N–H and O–H groups in total. The molecule has 0 radical (unpaired) electrons. The predicted molar refractivity (Wildman–Crippen MR) is 101 cm³/mol. The van der Waals surface area contributed by atoms with E-state index >= 15 is 0 Å². The Morgan fingerprint density at radius 1 is 1.20 bits per heavy atom. The molecule has 0 heterocycles. The molecule has 0 saturated heterocycles. The van der Waals surface area contributed by atoms with Gasteiger partial charge in [-0.05, 0) is 43.2 Å². The minimum absolute atomic E-state index is 0.0949. The average Bonchev–Trinajstić information content (AvgIpc) is 3.27. The van der Waals surface area contributed by atoms with Crippen LogP contribution in [0.4, 0.5) is 0 Å². The normalized spacial score (nSPS) is 25.7. The number of para-hydroxylation sites is 1. The van der Waals surface area contributed by atoms with E-state index in [9.17, 15) is 4.79 Å². The number of fused-ring (bicyclic) bond motifs is 1. The van der Waals surface area contributed by atoms with E-state index in [1.165, 1.54) is 38.5 Å². The number of nitrogens with zero attached hydrogens (tertiary/aromatic N) is 1. The summed E-state index contributed by atoms with van der Waals surface area (Å²) < 4.78 is 5.80. The van der Waals surface area contributed by atoms with E-state index in [0.717, 1.165) is 24.2 Å². The van der Waals surface area contributed by atoms with Gasteiger partial charge in [0.1, 0.15) is 5.75 Å². The number of hydrazone groups is 1. The van der Waals surface area contributed by atoms with Gasteiger partial charge in [0.25, 0.3) is 0 Å². The monoisotopic (exact) mass is 342 g/mol. The number of hydrogen-bond donors (Lipinski definition) is 1. The van der Waals surface area contributed by atoms with Crippen LogP contribution in [0.25, 0.3) is 0 Å². The average molecular weight is 342 g/mol. The molecule has 1 unspecified atom stereocenters. The number of unbranched alkanes of at least 4 members (excludes halogenated alkanes) is 1. The minimum Gasteiger partial charge on any atom is -0.493 e. The standard InChI is InChI=1S/C21H30N2O2/c1-2-3-14-25-19-13-9-8-10-16(19)15-22-23-21(24)20-17-11-6-4-5-7-12-18(17)20/h8-10,13,15,17-18,20H,2-7,11-12,14H2,1H3,(H,23,24)/t17-,18+,20?. The first-order valence-corrected chi connectivity index (χ1v) is 9.86. The van der Waals surface area contributed by atoms with Gasteiger partial charge in [-0.2, -0.15) is 5.10 Å². The highest BCUT2D eigenvalue weighted by atomic mass is 16.5. The molecule has 4 nitrogen and oxygen atoms in total. The van der Waals surface area contributed by atoms with Gasteiger partial charge >= 0.3 is 0 Å². The van der Waals surface area contributed by atoms with E-state index in [0.29, 0.717) is 18.4 Å². The highest BCUT2D eigenvalue weighted by Gasteiger charge is 2.53. The molecule has 3 rings (SSSR count). The van der Waals surface area contributed by atoms with Gasteiger partial charge in [0.2, 0.25) is 5.91 Å². The molecule has 4 heteroatoms. The largest absolute Gasteiger partial charge is 0.493 e. The van der Waals surface area contributed by atoms with E-state index in [1.54, 1.807) is 6.21 Å². The molecule has 2 fully saturated rings. The Labute approximate surface area is 151 Å². The number of rotatable bonds is 7. The van der Waals surface area contributed by atoms with Crippen molar-refractivity contribution >= 4 is 12.1 Å². The molecule has 2 aliphatic rings. The van der Waals surface area contributed by atoms with Crippen LogP contribution in [0.5, 0.6) is 5.75 Å². The van der Waals surface area contributed by atoms with Crippen LogP contribution in [0.2, 0.25) is 0 Å². The lowest BCUT2D eigenvalue weighted by Gasteiger charge is -2.08. The summed E-state index contributed by atoms with van der Waals surface area (Å²) in [4.78, 5) is 12.4. The Balaban J connectivity index is 1.52. The molecule has 136 valence electrons. The third-order valence-electron chi connectivity index (χ3n) is 5.51. The van der Waals surface area contributed by atoms with Gasteiger partial charge in [0, 0.05) is 11.5 Å². The third kappa shape index (κ3) is 4.83. The van der Waals surface area contributed by atoms with Gasteiger partial charge in [-0.25, -0.2) is 5.43 Å². The van der Waals surface area contributed by atoms with Crippen molar-refractivity contribution in [2.24, 2.45) is 22.9 Å². The summed E-state index contributed by atoms with van der Waals surface area (Å²) in [5.74, 6) is 2.30. The lowest BCUT2D eigenvalue weighted by atomic mass is 10.0. The van der Waals surface area contributed by atoms with Crippen LogP contribution in [-0.4, -0.2) is 18.7 Å². The summed E-state index contributed by atoms with van der Waals surface area (Å²) in [5, 5.41) is 4.19. The highest BCUT2D eigenvalue weighted by Crippen LogP contribution is 2.53. The molecule has 2 aliphatic carbocycles. The summed E-state index contributed by atoms with van der Waals surface area (Å²) in [6, 6.07) is 7.82. The van der Waals surface area contributed by atoms with Crippen LogP contribution < -0.4 is 10.2 Å². The molecule has 25 heavy (non-hydrogen) atoms. The summed E-state index contributed by atoms with van der Waals surface area (Å²) in [5.41, 5.74) is 3.66. The van der Waals surface area contributed by atoms with Gasteiger partial charge in [-0.3, -0.25) is 4.79 Å². The number of amides is 1. The zero-order valence-electron chi connectivity index (χ0n) is 15.2. The molecule has 0 aromatic heterocycles. The second kappa shape index (κ2) is 9.02. The van der Waals surface area contributed by atoms with Gasteiger partial charge < -0.3 is 4.74 Å². The Bertz CT molecular complexity index is 585. The van der Waals surface area contributed by atoms with E-state index < -0.39 is 0 Å². The number of carbonyl (C=O) groups excluding carboxylic acids is 1. The highest BCUT2D eigenvalue weighted by molar-refractivity contribution is 5.86. The van der Waals surface area contributed by atoms with Gasteiger partial charge in [0.05, 0.1) is 12.8 Å². The first-order chi connectivity index (χ1) is 12.3. The number of hydrogen-bond acceptors (Lipinski definition) is 3. The van der Waals surface area contributed by atoms with Crippen molar-refractivity contribution in [1.29, 1.82) is 0 Å². The fourth-order valence-electron chi connectivity index (χ4n) is 4.02. The first kappa shape index (κ1) is 18.0. The van der Waals surface area contributed by atoms with Crippen molar-refractivity contribution in [3.8, 4) is 5.75 Å². The second-order valence-corrected chi connectivity index (χ2v) is 7.32. The lowest BCUT2D eigenvalue weighted by molar-refractivity contribution is -0.122. The molecule has 1 aromatic carbocycles. The second-order valence-electron chi connectivity index (χ2n) is 7.32. The minimum atomic E-state index is 0.0949. The quantitative estimate of drug-likeness (QED) is 0.449. The van der Waals surface area contributed by atoms with Crippen molar-refractivity contribution in [2.45, 2.75) is 58.3 Å². The summed E-state index contributed by atoms with van der Waals surface area (Å²) in [7, 11) is 0. The zero-order chi connectivity index (χ0) is 17.5. The van der Waals surface area contributed by atoms with E-state index in [1.807, 2.05) is 24.3 Å². The SMILES string of the molecule is CCCCOc1ccccc1C=NNC(=O)C1[C@H]2CCCCCC[C@@H]12. The Morgan fingerprint density at radius 2 is 1.92 bits per heavy atom. The van der Waals surface area contributed by atoms with E-state index in [4.69, 9.17) is 4.74 Å². The van der Waals surface area contributed by atoms with Crippen LogP contribution in [0, 0.1) is 17.8 Å². The van der Waals surface area contributed by atoms with Gasteiger partial charge in [-0.15, -0.1) is 0 Å². The maximum atomic E-state index is 12.4. The van der Waals surface area contributed by atoms with E-state index in [-0.39, 0.29) is 11.8 Å². The Hall–Kier alpha value is -1.84. The Morgan fingerprint density at radius 3 is 2.64 bits per heavy atom. The Kier molecular flexibility index (Phi) is 6.48. The molecule has 1 amide bonds. The maximum Gasteiger partial charge on any atom is 0.243 e. The zero-order valence-corrected chi connectivity index (χ0v) is 15.2. The molecular formula is C21H30N2O2. The maximum absolute atomic E-state index is 12.4. The molecular weight excluding hydrogens is 312 g/mol. The summed E-state index contributed by atoms with van der Waals surface area (Å²) in [6.45, 7) is 2.85. The van der Waals surface area contributed by atoms with Crippen molar-refractivity contribution in [1.82, 2.24) is 5.43 Å². The number of ether oxygens (including phenoxy) is 1. The molecule has 1 aromatic rings. The fraction of sp³-hybridized carbons (Fsp3) is 0.619. The molecule has 3 atom stereocenters. The van der Waals surface area contributed by atoms with Crippen LogP contribution in [-0.2, 0) is 4.79 Å². The van der Waals surface area contributed by atoms with Crippen LogP contribution >= 0.6 is 0 Å². The lowest BCUT2D eigenvalue weighted by Crippen LogP contribution is -2.21. The van der Waals surface area contributed by atoms with Crippen LogP contribution in [0.3, 0.4) is 0 Å². The molecule has 0 aliphatic heterocycles. The number of benzene rings is 1. The van der Waals surface area contributed by atoms with Crippen molar-refractivity contribution < 1.29 is 9.53 Å². The smallest absolute Gasteiger partial charge is 0.243 e. The topological polar surface area (TPSA) is 50.7 Å². The van der Waals surface area contributed by atoms with E-state index in [2.05, 4.69) is 17.5 Å². The first-order valence-electron chi connectivity index (χ1n) is 9.86. The van der Waals surface area contributed by atoms with Crippen LogP contribution in [0.1, 0.15) is 63.9 Å². The van der Waals surface area contributed by atoms with Crippen molar-refractivity contribution in [3.63, 3.8) is 0 Å². The van der Waals surface area contributed by atoms with Gasteiger partial charge in [-0.1, -0.05) is 51.2 Å². The summed E-state index contributed by atoms with van der Waals surface area (Å²) >= 11 is 0. The van der Waals surface area contributed by atoms with Gasteiger partial charge in [0.15, 0.2) is 0 Å².